The third kappa shape index (κ3) is 4.78. The van der Waals surface area contributed by atoms with Gasteiger partial charge in [-0.1, -0.05) is 72.8 Å². The molecule has 0 saturated carbocycles. The first kappa shape index (κ1) is 27.1. The van der Waals surface area contributed by atoms with Crippen LogP contribution in [0.3, 0.4) is 0 Å². The maximum atomic E-state index is 9.27. The largest absolute Gasteiger partial charge is 0.209 e. The van der Waals surface area contributed by atoms with Crippen molar-refractivity contribution in [1.82, 2.24) is 15.0 Å². The molecular weight excluding hydrogens is 562 g/mol. The monoisotopic (exact) mass is 587 g/mol. The maximum absolute atomic E-state index is 9.27. The lowest BCUT2D eigenvalue weighted by Crippen LogP contribution is -2.04. The average molecular weight is 588 g/mol. The predicted octanol–water partition coefficient (Wildman–Crippen LogP) is 9.67. The molecule has 8 rings (SSSR count). The zero-order valence-electron chi connectivity index (χ0n) is 24.8. The number of nitriles is 2. The number of fused-ring (bicyclic) bond motifs is 6. The standard InChI is InChI=1S/C41H25N5/c42-24-26-9-13-29(14-10-26)39-44-40(30-15-11-27(25-43)12-16-30)46-41(45-39)31-19-17-28(18-20-31)32-21-22-37-35-7-2-1-5-33(35)34-6-3-4-8-36(34)38(37)23-32/h1-17,19,21-23H,18,20H2. The van der Waals surface area contributed by atoms with E-state index < -0.39 is 0 Å². The molecule has 0 fully saturated rings. The summed E-state index contributed by atoms with van der Waals surface area (Å²) >= 11 is 0. The lowest BCUT2D eigenvalue weighted by Gasteiger charge is -2.17. The molecule has 5 heteroatoms. The molecule has 0 bridgehead atoms. The third-order valence-corrected chi connectivity index (χ3v) is 8.73. The van der Waals surface area contributed by atoms with E-state index in [4.69, 9.17) is 15.0 Å². The number of benzene rings is 6. The van der Waals surface area contributed by atoms with Crippen LogP contribution in [0.2, 0.25) is 0 Å². The van der Waals surface area contributed by atoms with E-state index in [1.54, 1.807) is 24.3 Å². The summed E-state index contributed by atoms with van der Waals surface area (Å²) in [5, 5.41) is 26.1. The van der Waals surface area contributed by atoms with Gasteiger partial charge in [0.05, 0.1) is 23.3 Å². The van der Waals surface area contributed by atoms with Crippen LogP contribution >= 0.6 is 0 Å². The average Bonchev–Trinajstić information content (AvgIpc) is 3.14. The Balaban J connectivity index is 1.21. The molecule has 214 valence electrons. The second kappa shape index (κ2) is 11.2. The van der Waals surface area contributed by atoms with Gasteiger partial charge in [0.2, 0.25) is 0 Å². The number of nitrogens with zero attached hydrogens (tertiary/aromatic N) is 5. The minimum Gasteiger partial charge on any atom is -0.209 e. The second-order valence-electron chi connectivity index (χ2n) is 11.4. The summed E-state index contributed by atoms with van der Waals surface area (Å²) < 4.78 is 0. The van der Waals surface area contributed by atoms with Crippen molar-refractivity contribution in [3.8, 4) is 34.9 Å². The van der Waals surface area contributed by atoms with Crippen LogP contribution in [-0.2, 0) is 0 Å². The Kier molecular flexibility index (Phi) is 6.64. The highest BCUT2D eigenvalue weighted by Crippen LogP contribution is 2.38. The first-order valence-corrected chi connectivity index (χ1v) is 15.2. The fraction of sp³-hybridized carbons (Fsp3) is 0.0488. The summed E-state index contributed by atoms with van der Waals surface area (Å²) in [6, 6.07) is 43.0. The molecule has 0 aliphatic heterocycles. The fourth-order valence-electron chi connectivity index (χ4n) is 6.34. The molecule has 0 saturated heterocycles. The Morgan fingerprint density at radius 2 is 0.826 bits per heavy atom. The fourth-order valence-corrected chi connectivity index (χ4v) is 6.34. The van der Waals surface area contributed by atoms with Crippen LogP contribution in [0.25, 0.3) is 66.2 Å². The number of hydrogen-bond acceptors (Lipinski definition) is 5. The minimum atomic E-state index is 0.540. The number of aromatic nitrogens is 3. The van der Waals surface area contributed by atoms with Crippen molar-refractivity contribution < 1.29 is 0 Å². The molecule has 0 spiro atoms. The van der Waals surface area contributed by atoms with Crippen molar-refractivity contribution in [2.45, 2.75) is 12.8 Å². The Morgan fingerprint density at radius 1 is 0.413 bits per heavy atom. The van der Waals surface area contributed by atoms with Crippen LogP contribution in [0.15, 0.2) is 127 Å². The molecule has 1 aromatic heterocycles. The van der Waals surface area contributed by atoms with E-state index in [1.165, 1.54) is 43.5 Å². The van der Waals surface area contributed by atoms with Crippen LogP contribution in [0, 0.1) is 22.7 Å². The van der Waals surface area contributed by atoms with E-state index >= 15 is 0 Å². The Bertz CT molecular complexity index is 2360. The molecule has 1 heterocycles. The number of rotatable bonds is 4. The van der Waals surface area contributed by atoms with Gasteiger partial charge in [-0.15, -0.1) is 0 Å². The third-order valence-electron chi connectivity index (χ3n) is 8.73. The Labute approximate surface area is 266 Å². The Hall–Kier alpha value is -6.43. The van der Waals surface area contributed by atoms with Gasteiger partial charge in [-0.3, -0.25) is 0 Å². The highest BCUT2D eigenvalue weighted by molar-refractivity contribution is 6.25. The van der Waals surface area contributed by atoms with Gasteiger partial charge >= 0.3 is 0 Å². The summed E-state index contributed by atoms with van der Waals surface area (Å²) in [6.45, 7) is 0. The topological polar surface area (TPSA) is 86.2 Å². The van der Waals surface area contributed by atoms with Gasteiger partial charge in [0.1, 0.15) is 0 Å². The molecule has 1 aliphatic rings. The summed E-state index contributed by atoms with van der Waals surface area (Å²) in [6.07, 6.45) is 5.96. The van der Waals surface area contributed by atoms with Gasteiger partial charge in [0.15, 0.2) is 17.5 Å². The molecule has 0 N–H and O–H groups in total. The van der Waals surface area contributed by atoms with E-state index in [0.29, 0.717) is 28.6 Å². The van der Waals surface area contributed by atoms with Crippen molar-refractivity contribution in [3.05, 3.63) is 150 Å². The van der Waals surface area contributed by atoms with Crippen molar-refractivity contribution in [1.29, 1.82) is 10.5 Å². The normalized spacial score (nSPS) is 12.8. The van der Waals surface area contributed by atoms with Gasteiger partial charge in [0, 0.05) is 11.1 Å². The maximum Gasteiger partial charge on any atom is 0.164 e. The molecule has 1 aliphatic carbocycles. The van der Waals surface area contributed by atoms with Crippen molar-refractivity contribution in [2.24, 2.45) is 0 Å². The molecule has 7 aromatic rings. The number of hydrogen-bond donors (Lipinski definition) is 0. The molecule has 0 radical (unpaired) electrons. The molecule has 0 atom stereocenters. The summed E-state index contributed by atoms with van der Waals surface area (Å²) in [7, 11) is 0. The highest BCUT2D eigenvalue weighted by atomic mass is 15.0. The molecule has 6 aromatic carbocycles. The van der Waals surface area contributed by atoms with E-state index in [0.717, 1.165) is 29.5 Å². The second-order valence-corrected chi connectivity index (χ2v) is 11.4. The van der Waals surface area contributed by atoms with E-state index in [1.807, 2.05) is 24.3 Å². The van der Waals surface area contributed by atoms with Gasteiger partial charge in [-0.05, 0) is 116 Å². The Morgan fingerprint density at radius 3 is 1.30 bits per heavy atom. The van der Waals surface area contributed by atoms with Crippen LogP contribution in [0.1, 0.15) is 35.4 Å². The summed E-state index contributed by atoms with van der Waals surface area (Å²) in [4.78, 5) is 14.6. The quantitative estimate of drug-likeness (QED) is 0.191. The minimum absolute atomic E-state index is 0.540. The predicted molar refractivity (Wildman–Crippen MR) is 184 cm³/mol. The first-order valence-electron chi connectivity index (χ1n) is 15.2. The van der Waals surface area contributed by atoms with Gasteiger partial charge in [-0.2, -0.15) is 10.5 Å². The van der Waals surface area contributed by atoms with Gasteiger partial charge in [0.25, 0.3) is 0 Å². The van der Waals surface area contributed by atoms with E-state index in [9.17, 15) is 10.5 Å². The molecule has 46 heavy (non-hydrogen) atoms. The molecule has 0 amide bonds. The zero-order valence-corrected chi connectivity index (χ0v) is 24.8. The van der Waals surface area contributed by atoms with Crippen molar-refractivity contribution >= 4 is 43.5 Å². The van der Waals surface area contributed by atoms with Crippen LogP contribution in [0.4, 0.5) is 0 Å². The molecule has 0 unspecified atom stereocenters. The van der Waals surface area contributed by atoms with Crippen LogP contribution < -0.4 is 0 Å². The molecular formula is C41H25N5. The lowest BCUT2D eigenvalue weighted by atomic mass is 9.89. The van der Waals surface area contributed by atoms with Gasteiger partial charge < -0.3 is 0 Å². The lowest BCUT2D eigenvalue weighted by molar-refractivity contribution is 0.985. The van der Waals surface area contributed by atoms with Crippen LogP contribution in [-0.4, -0.2) is 15.0 Å². The van der Waals surface area contributed by atoms with Crippen molar-refractivity contribution in [2.75, 3.05) is 0 Å². The summed E-state index contributed by atoms with van der Waals surface area (Å²) in [5.74, 6) is 1.70. The SMILES string of the molecule is N#Cc1ccc(-c2nc(C3=CC=C(c4ccc5c6ccccc6c6ccccc6c5c4)CC3)nc(-c3ccc(C#N)cc3)n2)cc1. The summed E-state index contributed by atoms with van der Waals surface area (Å²) in [5.41, 5.74) is 6.29. The first-order chi connectivity index (χ1) is 22.7. The zero-order chi connectivity index (χ0) is 31.0. The van der Waals surface area contributed by atoms with E-state index in [2.05, 4.69) is 91.0 Å². The van der Waals surface area contributed by atoms with Crippen molar-refractivity contribution in [3.63, 3.8) is 0 Å². The van der Waals surface area contributed by atoms with Crippen LogP contribution in [0.5, 0.6) is 0 Å². The highest BCUT2D eigenvalue weighted by Gasteiger charge is 2.18. The van der Waals surface area contributed by atoms with Gasteiger partial charge in [-0.25, -0.2) is 15.0 Å². The smallest absolute Gasteiger partial charge is 0.164 e. The molecule has 5 nitrogen and oxygen atoms in total. The number of allylic oxidation sites excluding steroid dienone is 4. The van der Waals surface area contributed by atoms with E-state index in [-0.39, 0.29) is 0 Å².